The van der Waals surface area contributed by atoms with Crippen LogP contribution in [0.4, 0.5) is 10.6 Å². The van der Waals surface area contributed by atoms with Crippen LogP contribution in [0.1, 0.15) is 6.92 Å². The van der Waals surface area contributed by atoms with Crippen molar-refractivity contribution in [2.24, 2.45) is 0 Å². The van der Waals surface area contributed by atoms with E-state index in [9.17, 15) is 4.79 Å². The molecule has 0 aliphatic carbocycles. The Morgan fingerprint density at radius 2 is 2.09 bits per heavy atom. The van der Waals surface area contributed by atoms with Crippen LogP contribution in [-0.4, -0.2) is 27.7 Å². The first-order valence-electron chi connectivity index (χ1n) is 6.73. The third-order valence-corrected chi connectivity index (χ3v) is 3.26. The fourth-order valence-corrected chi connectivity index (χ4v) is 2.25. The van der Waals surface area contributed by atoms with Crippen LogP contribution in [-0.2, 0) is 4.74 Å². The van der Waals surface area contributed by atoms with Gasteiger partial charge in [-0.3, -0.25) is 5.32 Å². The maximum atomic E-state index is 11.4. The molecule has 3 rings (SSSR count). The monoisotopic (exact) mass is 316 g/mol. The Balaban J connectivity index is 1.98. The molecule has 0 saturated heterocycles. The van der Waals surface area contributed by atoms with Crippen LogP contribution in [0, 0.1) is 0 Å². The first-order chi connectivity index (χ1) is 10.7. The number of H-pyrrole nitrogens is 1. The lowest BCUT2D eigenvalue weighted by Gasteiger charge is -2.04. The number of aromatic nitrogens is 3. The lowest BCUT2D eigenvalue weighted by atomic mass is 10.2. The lowest BCUT2D eigenvalue weighted by molar-refractivity contribution is 0.168. The van der Waals surface area contributed by atoms with Crippen molar-refractivity contribution >= 4 is 34.7 Å². The van der Waals surface area contributed by atoms with E-state index in [1.807, 2.05) is 30.3 Å². The Morgan fingerprint density at radius 3 is 2.82 bits per heavy atom. The minimum absolute atomic E-state index is 0.280. The van der Waals surface area contributed by atoms with Crippen molar-refractivity contribution in [2.75, 3.05) is 11.9 Å². The van der Waals surface area contributed by atoms with Gasteiger partial charge in [0.2, 0.25) is 0 Å². The van der Waals surface area contributed by atoms with Crippen molar-refractivity contribution in [3.8, 4) is 11.4 Å². The SMILES string of the molecule is CCOC(=O)Nc1cc(Cl)c2[nH]c(-c3ccccc3)nc2n1. The highest BCUT2D eigenvalue weighted by atomic mass is 35.5. The number of hydrogen-bond acceptors (Lipinski definition) is 4. The molecule has 0 unspecified atom stereocenters. The summed E-state index contributed by atoms with van der Waals surface area (Å²) in [4.78, 5) is 23.3. The van der Waals surface area contributed by atoms with E-state index in [4.69, 9.17) is 16.3 Å². The molecule has 0 bridgehead atoms. The number of imidazole rings is 1. The lowest BCUT2D eigenvalue weighted by Crippen LogP contribution is -2.14. The van der Waals surface area contributed by atoms with Crippen LogP contribution >= 0.6 is 11.6 Å². The summed E-state index contributed by atoms with van der Waals surface area (Å²) >= 11 is 6.22. The van der Waals surface area contributed by atoms with Gasteiger partial charge in [-0.25, -0.2) is 14.8 Å². The first kappa shape index (κ1) is 14.3. The average molecular weight is 317 g/mol. The normalized spacial score (nSPS) is 10.6. The van der Waals surface area contributed by atoms with Gasteiger partial charge in [0.05, 0.1) is 11.6 Å². The predicted octanol–water partition coefficient (Wildman–Crippen LogP) is 3.85. The zero-order chi connectivity index (χ0) is 15.5. The smallest absolute Gasteiger partial charge is 0.412 e. The molecule has 3 aromatic rings. The van der Waals surface area contributed by atoms with Crippen molar-refractivity contribution in [1.29, 1.82) is 0 Å². The van der Waals surface area contributed by atoms with E-state index in [0.717, 1.165) is 5.56 Å². The topological polar surface area (TPSA) is 79.9 Å². The number of benzene rings is 1. The molecular formula is C15H13ClN4O2. The van der Waals surface area contributed by atoms with E-state index < -0.39 is 6.09 Å². The number of hydrogen-bond donors (Lipinski definition) is 2. The number of ether oxygens (including phenoxy) is 1. The Kier molecular flexibility index (Phi) is 3.93. The van der Waals surface area contributed by atoms with Crippen LogP contribution in [0.3, 0.4) is 0 Å². The van der Waals surface area contributed by atoms with Gasteiger partial charge in [0, 0.05) is 11.6 Å². The molecule has 0 saturated carbocycles. The van der Waals surface area contributed by atoms with E-state index in [0.29, 0.717) is 27.8 Å². The predicted molar refractivity (Wildman–Crippen MR) is 85.0 cm³/mol. The van der Waals surface area contributed by atoms with E-state index in [1.54, 1.807) is 13.0 Å². The molecular weight excluding hydrogens is 304 g/mol. The van der Waals surface area contributed by atoms with Gasteiger partial charge in [-0.05, 0) is 6.92 Å². The molecule has 112 valence electrons. The van der Waals surface area contributed by atoms with Gasteiger partial charge < -0.3 is 9.72 Å². The molecule has 0 aliphatic rings. The molecule has 2 heterocycles. The van der Waals surface area contributed by atoms with Crippen molar-refractivity contribution in [3.63, 3.8) is 0 Å². The minimum atomic E-state index is -0.579. The molecule has 0 radical (unpaired) electrons. The average Bonchev–Trinajstić information content (AvgIpc) is 2.93. The highest BCUT2D eigenvalue weighted by molar-refractivity contribution is 6.35. The number of aromatic amines is 1. The van der Waals surface area contributed by atoms with Crippen molar-refractivity contribution < 1.29 is 9.53 Å². The molecule has 0 atom stereocenters. The molecule has 6 nitrogen and oxygen atoms in total. The molecule has 1 aromatic carbocycles. The summed E-state index contributed by atoms with van der Waals surface area (Å²) in [6.07, 6.45) is -0.579. The molecule has 2 aromatic heterocycles. The van der Waals surface area contributed by atoms with Gasteiger partial charge in [-0.15, -0.1) is 0 Å². The second kappa shape index (κ2) is 6.03. The fraction of sp³-hybridized carbons (Fsp3) is 0.133. The summed E-state index contributed by atoms with van der Waals surface area (Å²) in [5.74, 6) is 0.959. The molecule has 0 aliphatic heterocycles. The van der Waals surface area contributed by atoms with Crippen molar-refractivity contribution in [3.05, 3.63) is 41.4 Å². The molecule has 7 heteroatoms. The molecule has 22 heavy (non-hydrogen) atoms. The fourth-order valence-electron chi connectivity index (χ4n) is 2.02. The standard InChI is InChI=1S/C15H13ClN4O2/c1-2-22-15(21)18-11-8-10(16)12-14(17-11)20-13(19-12)9-6-4-3-5-7-9/h3-8H,2H2,1H3,(H2,17,18,19,20,21). The molecule has 0 fully saturated rings. The number of nitrogens with one attached hydrogen (secondary N) is 2. The second-order valence-corrected chi connectivity index (χ2v) is 4.89. The number of pyridine rings is 1. The highest BCUT2D eigenvalue weighted by Gasteiger charge is 2.12. The number of carbonyl (C=O) groups excluding carboxylic acids is 1. The van der Waals surface area contributed by atoms with E-state index in [-0.39, 0.29) is 6.61 Å². The zero-order valence-corrected chi connectivity index (χ0v) is 12.5. The van der Waals surface area contributed by atoms with E-state index >= 15 is 0 Å². The third-order valence-electron chi connectivity index (χ3n) is 2.97. The maximum Gasteiger partial charge on any atom is 0.412 e. The van der Waals surface area contributed by atoms with Crippen LogP contribution in [0.15, 0.2) is 36.4 Å². The van der Waals surface area contributed by atoms with Gasteiger partial charge in [0.1, 0.15) is 17.2 Å². The van der Waals surface area contributed by atoms with E-state index in [1.165, 1.54) is 0 Å². The third kappa shape index (κ3) is 2.87. The number of amides is 1. The van der Waals surface area contributed by atoms with Crippen molar-refractivity contribution in [2.45, 2.75) is 6.92 Å². The van der Waals surface area contributed by atoms with Gasteiger partial charge in [0.25, 0.3) is 0 Å². The van der Waals surface area contributed by atoms with Gasteiger partial charge in [0.15, 0.2) is 5.65 Å². The van der Waals surface area contributed by atoms with Crippen LogP contribution in [0.5, 0.6) is 0 Å². The van der Waals surface area contributed by atoms with Crippen LogP contribution < -0.4 is 5.32 Å². The number of halogens is 1. The summed E-state index contributed by atoms with van der Waals surface area (Å²) in [6.45, 7) is 2.01. The summed E-state index contributed by atoms with van der Waals surface area (Å²) < 4.78 is 4.81. The Morgan fingerprint density at radius 1 is 1.32 bits per heavy atom. The largest absolute Gasteiger partial charge is 0.450 e. The Labute approximate surface area is 131 Å². The Hall–Kier alpha value is -2.60. The van der Waals surface area contributed by atoms with E-state index in [2.05, 4.69) is 20.3 Å². The van der Waals surface area contributed by atoms with Crippen LogP contribution in [0.25, 0.3) is 22.6 Å². The second-order valence-electron chi connectivity index (χ2n) is 4.48. The quantitative estimate of drug-likeness (QED) is 0.769. The minimum Gasteiger partial charge on any atom is -0.450 e. The van der Waals surface area contributed by atoms with Crippen LogP contribution in [0.2, 0.25) is 5.02 Å². The first-order valence-corrected chi connectivity index (χ1v) is 7.10. The summed E-state index contributed by atoms with van der Waals surface area (Å²) in [5.41, 5.74) is 1.98. The van der Waals surface area contributed by atoms with Gasteiger partial charge in [-0.2, -0.15) is 0 Å². The van der Waals surface area contributed by atoms with Gasteiger partial charge in [-0.1, -0.05) is 41.9 Å². The maximum absolute atomic E-state index is 11.4. The summed E-state index contributed by atoms with van der Waals surface area (Å²) in [7, 11) is 0. The molecule has 2 N–H and O–H groups in total. The highest BCUT2D eigenvalue weighted by Crippen LogP contribution is 2.26. The number of anilines is 1. The van der Waals surface area contributed by atoms with Gasteiger partial charge >= 0.3 is 6.09 Å². The number of carbonyl (C=O) groups is 1. The molecule has 1 amide bonds. The number of fused-ring (bicyclic) bond motifs is 1. The Bertz CT molecular complexity index is 817. The number of nitrogens with zero attached hydrogens (tertiary/aromatic N) is 2. The number of rotatable bonds is 3. The zero-order valence-electron chi connectivity index (χ0n) is 11.8. The summed E-state index contributed by atoms with van der Waals surface area (Å²) in [6, 6.07) is 11.2. The summed E-state index contributed by atoms with van der Waals surface area (Å²) in [5, 5.41) is 2.94. The van der Waals surface area contributed by atoms with Crippen molar-refractivity contribution in [1.82, 2.24) is 15.0 Å². The molecule has 0 spiro atoms.